The number of aromatic nitrogens is 2. The van der Waals surface area contributed by atoms with Crippen LogP contribution in [0.3, 0.4) is 0 Å². The molecule has 3 saturated heterocycles. The fourth-order valence-corrected chi connectivity index (χ4v) is 5.63. The van der Waals surface area contributed by atoms with Gasteiger partial charge >= 0.3 is 6.01 Å². The molecule has 0 aromatic carbocycles. The summed E-state index contributed by atoms with van der Waals surface area (Å²) in [5.41, 5.74) is 0.0731. The molecule has 4 aliphatic heterocycles. The number of halogens is 1. The van der Waals surface area contributed by atoms with E-state index in [9.17, 15) is 14.3 Å². The molecule has 4 aliphatic rings. The normalized spacial score (nSPS) is 33.9. The molecule has 8 nitrogen and oxygen atoms in total. The van der Waals surface area contributed by atoms with Gasteiger partial charge in [-0.25, -0.2) is 4.39 Å². The highest BCUT2D eigenvalue weighted by Gasteiger charge is 2.49. The summed E-state index contributed by atoms with van der Waals surface area (Å²) < 4.78 is 20.1. The summed E-state index contributed by atoms with van der Waals surface area (Å²) in [5.74, 6) is 0.458. The molecule has 1 aromatic heterocycles. The molecule has 3 atom stereocenters. The smallest absolute Gasteiger partial charge is 0.319 e. The number of carbonyl (C=O) groups excluding carboxylic acids is 1. The maximum absolute atomic E-state index is 14.1. The van der Waals surface area contributed by atoms with Gasteiger partial charge in [0.2, 0.25) is 0 Å². The molecule has 0 radical (unpaired) electrons. The fourth-order valence-electron chi connectivity index (χ4n) is 5.63. The standard InChI is InChI=1S/C21H30FN5O3/c1-20(29)5-2-8-26(12-20)17-15-4-7-23-18(28)16(15)24-19(25-17)30-13-21-6-3-9-27(21)11-14(22)10-21/h14,29H,2-13H2,1H3,(H,23,28)/t14-,20?,21+/m1/s1. The van der Waals surface area contributed by atoms with Gasteiger partial charge in [0.25, 0.3) is 5.91 Å². The number of piperidine rings is 1. The Bertz CT molecular complexity index is 850. The zero-order chi connectivity index (χ0) is 20.9. The first-order valence-electron chi connectivity index (χ1n) is 11.0. The van der Waals surface area contributed by atoms with E-state index in [-0.39, 0.29) is 17.5 Å². The molecular weight excluding hydrogens is 389 g/mol. The summed E-state index contributed by atoms with van der Waals surface area (Å²) in [5, 5.41) is 13.4. The average molecular weight is 420 g/mol. The van der Waals surface area contributed by atoms with E-state index in [4.69, 9.17) is 4.74 Å². The maximum Gasteiger partial charge on any atom is 0.319 e. The molecule has 0 saturated carbocycles. The average Bonchev–Trinajstić information content (AvgIpc) is 3.21. The van der Waals surface area contributed by atoms with Crippen molar-refractivity contribution >= 4 is 11.7 Å². The second-order valence-electron chi connectivity index (χ2n) is 9.55. The number of aliphatic hydroxyl groups is 1. The van der Waals surface area contributed by atoms with Crippen LogP contribution >= 0.6 is 0 Å². The molecule has 1 aromatic rings. The number of amides is 1. The number of nitrogens with zero attached hydrogens (tertiary/aromatic N) is 4. The number of ether oxygens (including phenoxy) is 1. The number of hydrogen-bond acceptors (Lipinski definition) is 7. The third-order valence-electron chi connectivity index (χ3n) is 7.05. The third-order valence-corrected chi connectivity index (χ3v) is 7.05. The van der Waals surface area contributed by atoms with Crippen LogP contribution in [0, 0.1) is 0 Å². The van der Waals surface area contributed by atoms with Crippen molar-refractivity contribution in [3.8, 4) is 6.01 Å². The molecule has 30 heavy (non-hydrogen) atoms. The van der Waals surface area contributed by atoms with Crippen molar-refractivity contribution in [2.75, 3.05) is 44.2 Å². The van der Waals surface area contributed by atoms with Crippen LogP contribution in [0.1, 0.15) is 55.1 Å². The van der Waals surface area contributed by atoms with Gasteiger partial charge in [0.15, 0.2) is 0 Å². The summed E-state index contributed by atoms with van der Waals surface area (Å²) in [7, 11) is 0. The van der Waals surface area contributed by atoms with Gasteiger partial charge < -0.3 is 20.1 Å². The number of β-amino-alcohol motifs (C(OH)–C–C–N with tert-alkyl or cyclic N) is 1. The molecule has 5 rings (SSSR count). The number of anilines is 1. The number of rotatable bonds is 4. The van der Waals surface area contributed by atoms with Crippen LogP contribution in [-0.4, -0.2) is 82.5 Å². The summed E-state index contributed by atoms with van der Waals surface area (Å²) in [6, 6.07) is 0.162. The first-order valence-corrected chi connectivity index (χ1v) is 11.0. The minimum absolute atomic E-state index is 0.162. The molecule has 3 fully saturated rings. The van der Waals surface area contributed by atoms with Gasteiger partial charge in [-0.15, -0.1) is 0 Å². The Labute approximate surface area is 175 Å². The lowest BCUT2D eigenvalue weighted by Gasteiger charge is -2.39. The molecule has 9 heteroatoms. The summed E-state index contributed by atoms with van der Waals surface area (Å²) in [6.45, 7) is 5.28. The van der Waals surface area contributed by atoms with Crippen molar-refractivity contribution < 1.29 is 19.0 Å². The molecule has 2 N–H and O–H groups in total. The minimum Gasteiger partial charge on any atom is -0.461 e. The Hall–Kier alpha value is -2.00. The topological polar surface area (TPSA) is 90.8 Å². The highest BCUT2D eigenvalue weighted by Crippen LogP contribution is 2.40. The van der Waals surface area contributed by atoms with Crippen LogP contribution in [-0.2, 0) is 6.42 Å². The van der Waals surface area contributed by atoms with Crippen LogP contribution < -0.4 is 15.0 Å². The molecule has 5 heterocycles. The summed E-state index contributed by atoms with van der Waals surface area (Å²) >= 11 is 0. The zero-order valence-corrected chi connectivity index (χ0v) is 17.5. The molecule has 0 spiro atoms. The van der Waals surface area contributed by atoms with E-state index >= 15 is 0 Å². The van der Waals surface area contributed by atoms with Crippen molar-refractivity contribution in [3.63, 3.8) is 0 Å². The van der Waals surface area contributed by atoms with Crippen molar-refractivity contribution in [3.05, 3.63) is 11.3 Å². The van der Waals surface area contributed by atoms with E-state index in [1.807, 2.05) is 11.8 Å². The second-order valence-corrected chi connectivity index (χ2v) is 9.55. The van der Waals surface area contributed by atoms with Gasteiger partial charge in [0.05, 0.1) is 11.1 Å². The van der Waals surface area contributed by atoms with Crippen LogP contribution in [0.15, 0.2) is 0 Å². The number of fused-ring (bicyclic) bond motifs is 2. The lowest BCUT2D eigenvalue weighted by Crippen LogP contribution is -2.47. The van der Waals surface area contributed by atoms with Crippen molar-refractivity contribution in [2.45, 2.75) is 62.8 Å². The van der Waals surface area contributed by atoms with E-state index < -0.39 is 11.8 Å². The van der Waals surface area contributed by atoms with E-state index in [2.05, 4.69) is 20.2 Å². The van der Waals surface area contributed by atoms with E-state index in [0.717, 1.165) is 44.3 Å². The fraction of sp³-hybridized carbons (Fsp3) is 0.762. The van der Waals surface area contributed by atoms with Gasteiger partial charge in [-0.2, -0.15) is 9.97 Å². The van der Waals surface area contributed by atoms with Crippen LogP contribution in [0.5, 0.6) is 6.01 Å². The lowest BCUT2D eigenvalue weighted by molar-refractivity contribution is 0.0445. The number of carbonyl (C=O) groups is 1. The highest BCUT2D eigenvalue weighted by molar-refractivity contribution is 5.96. The van der Waals surface area contributed by atoms with Crippen molar-refractivity contribution in [1.29, 1.82) is 0 Å². The van der Waals surface area contributed by atoms with Crippen molar-refractivity contribution in [2.24, 2.45) is 0 Å². The first-order chi connectivity index (χ1) is 14.4. The summed E-state index contributed by atoms with van der Waals surface area (Å²) in [6.07, 6.45) is 3.83. The highest BCUT2D eigenvalue weighted by atomic mass is 19.1. The van der Waals surface area contributed by atoms with Crippen LogP contribution in [0.2, 0.25) is 0 Å². The number of nitrogens with one attached hydrogen (secondary N) is 1. The molecule has 164 valence electrons. The monoisotopic (exact) mass is 419 g/mol. The minimum atomic E-state index is -0.824. The SMILES string of the molecule is CC1(O)CCCN(c2nc(OC[C@@]34CCCN3C[C@H](F)C4)nc3c2CCNC3=O)C1. The third kappa shape index (κ3) is 3.51. The second kappa shape index (κ2) is 7.30. The summed E-state index contributed by atoms with van der Waals surface area (Å²) in [4.78, 5) is 25.9. The molecular formula is C21H30FN5O3. The van der Waals surface area contributed by atoms with E-state index in [1.165, 1.54) is 0 Å². The molecule has 0 aliphatic carbocycles. The van der Waals surface area contributed by atoms with Gasteiger partial charge in [0.1, 0.15) is 24.3 Å². The van der Waals surface area contributed by atoms with Crippen molar-refractivity contribution in [1.82, 2.24) is 20.2 Å². The molecule has 0 bridgehead atoms. The van der Waals surface area contributed by atoms with Crippen LogP contribution in [0.4, 0.5) is 10.2 Å². The molecule has 1 amide bonds. The predicted octanol–water partition coefficient (Wildman–Crippen LogP) is 1.07. The zero-order valence-electron chi connectivity index (χ0n) is 17.5. The Morgan fingerprint density at radius 3 is 2.97 bits per heavy atom. The largest absolute Gasteiger partial charge is 0.461 e. The van der Waals surface area contributed by atoms with E-state index in [0.29, 0.717) is 50.6 Å². The first kappa shape index (κ1) is 19.9. The predicted molar refractivity (Wildman–Crippen MR) is 109 cm³/mol. The van der Waals surface area contributed by atoms with Gasteiger partial charge in [-0.1, -0.05) is 0 Å². The quantitative estimate of drug-likeness (QED) is 0.754. The Morgan fingerprint density at radius 2 is 2.13 bits per heavy atom. The van der Waals surface area contributed by atoms with Gasteiger partial charge in [-0.3, -0.25) is 9.69 Å². The Morgan fingerprint density at radius 1 is 1.30 bits per heavy atom. The lowest BCUT2D eigenvalue weighted by atomic mass is 9.94. The maximum atomic E-state index is 14.1. The molecule has 1 unspecified atom stereocenters. The Kier molecular flexibility index (Phi) is 4.85. The van der Waals surface area contributed by atoms with Gasteiger partial charge in [0, 0.05) is 38.2 Å². The van der Waals surface area contributed by atoms with Gasteiger partial charge in [-0.05, 0) is 45.6 Å². The van der Waals surface area contributed by atoms with E-state index in [1.54, 1.807) is 0 Å². The number of hydrogen-bond donors (Lipinski definition) is 2. The Balaban J connectivity index is 1.44. The van der Waals surface area contributed by atoms with Crippen LogP contribution in [0.25, 0.3) is 0 Å². The number of alkyl halides is 1.